The van der Waals surface area contributed by atoms with Crippen LogP contribution in [0.5, 0.6) is 0 Å². The van der Waals surface area contributed by atoms with Crippen molar-refractivity contribution in [2.75, 3.05) is 11.9 Å². The molecule has 1 rings (SSSR count). The summed E-state index contributed by atoms with van der Waals surface area (Å²) >= 11 is 0. The molecule has 0 amide bonds. The first-order chi connectivity index (χ1) is 9.36. The van der Waals surface area contributed by atoms with Gasteiger partial charge in [0.15, 0.2) is 0 Å². The number of benzene rings is 1. The normalized spacial score (nSPS) is 12.8. The predicted octanol–water partition coefficient (Wildman–Crippen LogP) is 3.35. The number of hydrogen-bond acceptors (Lipinski definition) is 4. The van der Waals surface area contributed by atoms with Gasteiger partial charge in [0.2, 0.25) is 0 Å². The van der Waals surface area contributed by atoms with Gasteiger partial charge in [0.05, 0.1) is 4.92 Å². The average Bonchev–Trinajstić information content (AvgIpc) is 2.37. The molecule has 1 unspecified atom stereocenters. The van der Waals surface area contributed by atoms with Crippen LogP contribution < -0.4 is 5.32 Å². The number of aliphatic hydroxyl groups excluding tert-OH is 1. The Balaban J connectivity index is 3.07. The van der Waals surface area contributed by atoms with Crippen LogP contribution in [0.1, 0.15) is 32.3 Å². The maximum absolute atomic E-state index is 13.0. The molecule has 1 atom stereocenters. The minimum Gasteiger partial charge on any atom is -0.396 e. The molecule has 2 N–H and O–H groups in total. The van der Waals surface area contributed by atoms with E-state index in [0.29, 0.717) is 6.42 Å². The molecule has 0 spiro atoms. The van der Waals surface area contributed by atoms with Crippen molar-refractivity contribution in [1.29, 1.82) is 0 Å². The molecule has 1 aromatic carbocycles. The van der Waals surface area contributed by atoms with E-state index in [9.17, 15) is 18.9 Å². The molecule has 0 aromatic heterocycles. The Morgan fingerprint density at radius 1 is 1.40 bits per heavy atom. The lowest BCUT2D eigenvalue weighted by Crippen LogP contribution is -2.27. The summed E-state index contributed by atoms with van der Waals surface area (Å²) in [7, 11) is 0. The highest BCUT2D eigenvalue weighted by atomic mass is 19.3. The number of nitrogens with zero attached hydrogens (tertiary/aromatic N) is 1. The SMILES string of the molecule is CC(C)C(CCO)Nc1ccc([N+](=O)[O-])cc1C(F)F. The third-order valence-corrected chi connectivity index (χ3v) is 3.07. The Bertz CT molecular complexity index is 467. The van der Waals surface area contributed by atoms with Crippen molar-refractivity contribution < 1.29 is 18.8 Å². The smallest absolute Gasteiger partial charge is 0.270 e. The fourth-order valence-electron chi connectivity index (χ4n) is 1.89. The van der Waals surface area contributed by atoms with Crippen LogP contribution in [0.3, 0.4) is 0 Å². The molecule has 0 saturated heterocycles. The summed E-state index contributed by atoms with van der Waals surface area (Å²) in [6.45, 7) is 3.74. The quantitative estimate of drug-likeness (QED) is 0.596. The number of hydrogen-bond donors (Lipinski definition) is 2. The fraction of sp³-hybridized carbons (Fsp3) is 0.538. The minimum atomic E-state index is -2.81. The van der Waals surface area contributed by atoms with Gasteiger partial charge in [-0.25, -0.2) is 8.78 Å². The molecular weight excluding hydrogens is 270 g/mol. The summed E-state index contributed by atoms with van der Waals surface area (Å²) in [6.07, 6.45) is -2.39. The minimum absolute atomic E-state index is 0.0627. The van der Waals surface area contributed by atoms with Crippen LogP contribution in [0.4, 0.5) is 20.2 Å². The molecule has 0 heterocycles. The van der Waals surface area contributed by atoms with E-state index < -0.39 is 16.9 Å². The average molecular weight is 288 g/mol. The lowest BCUT2D eigenvalue weighted by Gasteiger charge is -2.24. The van der Waals surface area contributed by atoms with Crippen molar-refractivity contribution in [2.45, 2.75) is 32.7 Å². The Labute approximate surface area is 115 Å². The number of aliphatic hydroxyl groups is 1. The van der Waals surface area contributed by atoms with Crippen molar-refractivity contribution in [3.05, 3.63) is 33.9 Å². The highest BCUT2D eigenvalue weighted by molar-refractivity contribution is 5.57. The number of halogens is 2. The first kappa shape index (κ1) is 16.3. The summed E-state index contributed by atoms with van der Waals surface area (Å²) in [5.41, 5.74) is -0.602. The third kappa shape index (κ3) is 4.12. The van der Waals surface area contributed by atoms with E-state index in [1.807, 2.05) is 13.8 Å². The van der Waals surface area contributed by atoms with E-state index >= 15 is 0 Å². The van der Waals surface area contributed by atoms with Gasteiger partial charge in [-0.1, -0.05) is 13.8 Å². The molecule has 0 fully saturated rings. The van der Waals surface area contributed by atoms with Gasteiger partial charge in [0.25, 0.3) is 12.1 Å². The first-order valence-electron chi connectivity index (χ1n) is 6.30. The van der Waals surface area contributed by atoms with Crippen LogP contribution >= 0.6 is 0 Å². The molecule has 1 aromatic rings. The molecule has 7 heteroatoms. The molecule has 0 saturated carbocycles. The first-order valence-corrected chi connectivity index (χ1v) is 6.30. The molecule has 0 radical (unpaired) electrons. The lowest BCUT2D eigenvalue weighted by molar-refractivity contribution is -0.385. The highest BCUT2D eigenvalue weighted by Gasteiger charge is 2.21. The van der Waals surface area contributed by atoms with Gasteiger partial charge < -0.3 is 10.4 Å². The second kappa shape index (κ2) is 7.14. The predicted molar refractivity (Wildman–Crippen MR) is 72.0 cm³/mol. The van der Waals surface area contributed by atoms with Gasteiger partial charge in [0, 0.05) is 36.0 Å². The van der Waals surface area contributed by atoms with E-state index in [0.717, 1.165) is 6.07 Å². The molecule has 0 bridgehead atoms. The monoisotopic (exact) mass is 288 g/mol. The van der Waals surface area contributed by atoms with Gasteiger partial charge in [-0.3, -0.25) is 10.1 Å². The zero-order valence-corrected chi connectivity index (χ0v) is 11.3. The topological polar surface area (TPSA) is 75.4 Å². The standard InChI is InChI=1S/C13H18F2N2O3/c1-8(2)11(5-6-18)16-12-4-3-9(17(19)20)7-10(12)13(14)15/h3-4,7-8,11,13,16,18H,5-6H2,1-2H3. The summed E-state index contributed by atoms with van der Waals surface area (Å²) < 4.78 is 26.0. The lowest BCUT2D eigenvalue weighted by atomic mass is 10.00. The summed E-state index contributed by atoms with van der Waals surface area (Å²) in [4.78, 5) is 9.92. The molecule has 20 heavy (non-hydrogen) atoms. The molecule has 0 aliphatic rings. The Morgan fingerprint density at radius 2 is 2.05 bits per heavy atom. The summed E-state index contributed by atoms with van der Waals surface area (Å²) in [5.74, 6) is 0.128. The third-order valence-electron chi connectivity index (χ3n) is 3.07. The van der Waals surface area contributed by atoms with Crippen LogP contribution in [-0.4, -0.2) is 22.7 Å². The van der Waals surface area contributed by atoms with Crippen LogP contribution in [-0.2, 0) is 0 Å². The largest absolute Gasteiger partial charge is 0.396 e. The van der Waals surface area contributed by atoms with Crippen LogP contribution in [0.2, 0.25) is 0 Å². The Hall–Kier alpha value is -1.76. The van der Waals surface area contributed by atoms with Crippen LogP contribution in [0.25, 0.3) is 0 Å². The number of nitrogens with one attached hydrogen (secondary N) is 1. The fourth-order valence-corrected chi connectivity index (χ4v) is 1.89. The van der Waals surface area contributed by atoms with Gasteiger partial charge in [0.1, 0.15) is 0 Å². The van der Waals surface area contributed by atoms with Crippen molar-refractivity contribution in [3.8, 4) is 0 Å². The summed E-state index contributed by atoms with van der Waals surface area (Å²) in [6, 6.07) is 3.17. The van der Waals surface area contributed by atoms with Crippen molar-refractivity contribution >= 4 is 11.4 Å². The van der Waals surface area contributed by atoms with E-state index in [2.05, 4.69) is 5.32 Å². The number of non-ortho nitro benzene ring substituents is 1. The zero-order valence-electron chi connectivity index (χ0n) is 11.3. The highest BCUT2D eigenvalue weighted by Crippen LogP contribution is 2.31. The number of nitro groups is 1. The number of alkyl halides is 2. The van der Waals surface area contributed by atoms with Gasteiger partial charge in [-0.2, -0.15) is 0 Å². The van der Waals surface area contributed by atoms with Crippen LogP contribution in [0, 0.1) is 16.0 Å². The van der Waals surface area contributed by atoms with E-state index in [-0.39, 0.29) is 29.9 Å². The molecule has 0 aliphatic heterocycles. The van der Waals surface area contributed by atoms with Crippen molar-refractivity contribution in [3.63, 3.8) is 0 Å². The number of rotatable bonds is 7. The van der Waals surface area contributed by atoms with E-state index in [1.54, 1.807) is 0 Å². The Kier molecular flexibility index (Phi) is 5.82. The molecule has 112 valence electrons. The molecule has 0 aliphatic carbocycles. The Morgan fingerprint density at radius 3 is 2.50 bits per heavy atom. The molecule has 5 nitrogen and oxygen atoms in total. The maximum Gasteiger partial charge on any atom is 0.270 e. The van der Waals surface area contributed by atoms with Crippen LogP contribution in [0.15, 0.2) is 18.2 Å². The van der Waals surface area contributed by atoms with E-state index in [1.165, 1.54) is 12.1 Å². The molecular formula is C13H18F2N2O3. The van der Waals surface area contributed by atoms with Crippen molar-refractivity contribution in [2.24, 2.45) is 5.92 Å². The second-order valence-corrected chi connectivity index (χ2v) is 4.84. The number of anilines is 1. The zero-order chi connectivity index (χ0) is 15.3. The van der Waals surface area contributed by atoms with Gasteiger partial charge in [-0.15, -0.1) is 0 Å². The van der Waals surface area contributed by atoms with Crippen molar-refractivity contribution in [1.82, 2.24) is 0 Å². The maximum atomic E-state index is 13.0. The van der Waals surface area contributed by atoms with E-state index in [4.69, 9.17) is 5.11 Å². The number of nitro benzene ring substituents is 1. The van der Waals surface area contributed by atoms with Gasteiger partial charge >= 0.3 is 0 Å². The van der Waals surface area contributed by atoms with Gasteiger partial charge in [-0.05, 0) is 18.4 Å². The second-order valence-electron chi connectivity index (χ2n) is 4.84. The summed E-state index contributed by atoms with van der Waals surface area (Å²) in [5, 5.41) is 22.5.